The maximum atomic E-state index is 10.8. The largest absolute Gasteiger partial charge is 0.479 e. The van der Waals surface area contributed by atoms with E-state index in [-0.39, 0.29) is 13.6 Å². The molecular formula is C8H10O8. The molecule has 2 aliphatic rings. The van der Waals surface area contributed by atoms with Crippen molar-refractivity contribution in [2.24, 2.45) is 0 Å². The third kappa shape index (κ3) is 1.87. The Kier molecular flexibility index (Phi) is 3.06. The summed E-state index contributed by atoms with van der Waals surface area (Å²) < 4.78 is 19.7. The molecule has 4 atom stereocenters. The van der Waals surface area contributed by atoms with Gasteiger partial charge in [0.05, 0.1) is 0 Å². The lowest BCUT2D eigenvalue weighted by molar-refractivity contribution is -0.316. The Morgan fingerprint density at radius 2 is 1.19 bits per heavy atom. The Morgan fingerprint density at radius 3 is 1.50 bits per heavy atom. The molecule has 8 nitrogen and oxygen atoms in total. The van der Waals surface area contributed by atoms with Gasteiger partial charge in [-0.2, -0.15) is 0 Å². The van der Waals surface area contributed by atoms with E-state index in [0.717, 1.165) is 0 Å². The van der Waals surface area contributed by atoms with Crippen molar-refractivity contribution in [1.29, 1.82) is 0 Å². The van der Waals surface area contributed by atoms with Gasteiger partial charge in [-0.25, -0.2) is 9.59 Å². The van der Waals surface area contributed by atoms with Gasteiger partial charge in [0.1, 0.15) is 25.8 Å². The molecule has 2 N–H and O–H groups in total. The van der Waals surface area contributed by atoms with Gasteiger partial charge in [-0.1, -0.05) is 0 Å². The number of carbonyl (C=O) groups is 2. The first-order valence-electron chi connectivity index (χ1n) is 4.53. The number of fused-ring (bicyclic) bond motifs is 1. The zero-order valence-corrected chi connectivity index (χ0v) is 8.07. The van der Waals surface area contributed by atoms with Crippen LogP contribution in [0, 0.1) is 0 Å². The van der Waals surface area contributed by atoms with Gasteiger partial charge in [-0.3, -0.25) is 0 Å². The van der Waals surface area contributed by atoms with Gasteiger partial charge >= 0.3 is 11.9 Å². The maximum absolute atomic E-state index is 10.8. The Bertz CT molecular complexity index is 272. The van der Waals surface area contributed by atoms with Crippen LogP contribution in [0.25, 0.3) is 0 Å². The molecule has 0 aromatic rings. The predicted molar refractivity (Wildman–Crippen MR) is 44.5 cm³/mol. The van der Waals surface area contributed by atoms with Gasteiger partial charge in [-0.15, -0.1) is 0 Å². The normalized spacial score (nSPS) is 38.8. The SMILES string of the molecule is O=C(O)[C@H]1OCO[C@@H]2[C@@H]1OCO[C@H]2C(=O)O. The van der Waals surface area contributed by atoms with Crippen molar-refractivity contribution in [3.63, 3.8) is 0 Å². The van der Waals surface area contributed by atoms with Gasteiger partial charge in [0.15, 0.2) is 12.2 Å². The molecule has 0 saturated carbocycles. The van der Waals surface area contributed by atoms with Crippen LogP contribution in [0.3, 0.4) is 0 Å². The molecule has 2 saturated heterocycles. The minimum atomic E-state index is -1.23. The molecule has 0 amide bonds. The minimum Gasteiger partial charge on any atom is -0.479 e. The monoisotopic (exact) mass is 234 g/mol. The smallest absolute Gasteiger partial charge is 0.335 e. The van der Waals surface area contributed by atoms with E-state index in [0.29, 0.717) is 0 Å². The summed E-state index contributed by atoms with van der Waals surface area (Å²) in [6, 6.07) is 0. The summed E-state index contributed by atoms with van der Waals surface area (Å²) in [6.45, 7) is -0.594. The summed E-state index contributed by atoms with van der Waals surface area (Å²) in [7, 11) is 0. The van der Waals surface area contributed by atoms with Crippen LogP contribution in [0.5, 0.6) is 0 Å². The number of carboxylic acid groups (broad SMARTS) is 2. The molecule has 0 spiro atoms. The number of rotatable bonds is 2. The van der Waals surface area contributed by atoms with Crippen LogP contribution >= 0.6 is 0 Å². The molecule has 8 heteroatoms. The van der Waals surface area contributed by atoms with Crippen molar-refractivity contribution >= 4 is 11.9 Å². The highest BCUT2D eigenvalue weighted by atomic mass is 16.8. The molecule has 0 unspecified atom stereocenters. The van der Waals surface area contributed by atoms with Crippen molar-refractivity contribution in [2.45, 2.75) is 24.4 Å². The fourth-order valence-corrected chi connectivity index (χ4v) is 1.70. The zero-order valence-electron chi connectivity index (χ0n) is 8.07. The molecule has 90 valence electrons. The summed E-state index contributed by atoms with van der Waals surface area (Å²) >= 11 is 0. The third-order valence-corrected chi connectivity index (χ3v) is 2.42. The van der Waals surface area contributed by atoms with Crippen LogP contribution in [0.15, 0.2) is 0 Å². The van der Waals surface area contributed by atoms with Gasteiger partial charge in [0.25, 0.3) is 0 Å². The Labute approximate surface area is 89.6 Å². The van der Waals surface area contributed by atoms with Crippen molar-refractivity contribution in [3.05, 3.63) is 0 Å². The fraction of sp³-hybridized carbons (Fsp3) is 0.750. The van der Waals surface area contributed by atoms with Crippen molar-refractivity contribution in [2.75, 3.05) is 13.6 Å². The molecule has 2 rings (SSSR count). The van der Waals surface area contributed by atoms with Crippen LogP contribution in [-0.2, 0) is 28.5 Å². The maximum Gasteiger partial charge on any atom is 0.335 e. The zero-order chi connectivity index (χ0) is 11.7. The quantitative estimate of drug-likeness (QED) is 0.602. The van der Waals surface area contributed by atoms with E-state index in [2.05, 4.69) is 0 Å². The topological polar surface area (TPSA) is 112 Å². The summed E-state index contributed by atoms with van der Waals surface area (Å²) in [6.07, 6.45) is -4.41. The van der Waals surface area contributed by atoms with Gasteiger partial charge in [0.2, 0.25) is 0 Å². The number of hydrogen-bond acceptors (Lipinski definition) is 6. The van der Waals surface area contributed by atoms with Crippen molar-refractivity contribution in [1.82, 2.24) is 0 Å². The minimum absolute atomic E-state index is 0.297. The fourth-order valence-electron chi connectivity index (χ4n) is 1.70. The Hall–Kier alpha value is -1.22. The van der Waals surface area contributed by atoms with Crippen molar-refractivity contribution < 1.29 is 38.7 Å². The van der Waals surface area contributed by atoms with Gasteiger partial charge in [0, 0.05) is 0 Å². The van der Waals surface area contributed by atoms with Crippen molar-refractivity contribution in [3.8, 4) is 0 Å². The van der Waals surface area contributed by atoms with Crippen LogP contribution in [-0.4, -0.2) is 60.2 Å². The lowest BCUT2D eigenvalue weighted by atomic mass is 10.0. The first-order valence-corrected chi connectivity index (χ1v) is 4.53. The second-order valence-corrected chi connectivity index (χ2v) is 3.35. The third-order valence-electron chi connectivity index (χ3n) is 2.42. The van der Waals surface area contributed by atoms with E-state index in [1.54, 1.807) is 0 Å². The molecule has 2 fully saturated rings. The lowest BCUT2D eigenvalue weighted by Crippen LogP contribution is -2.60. The second kappa shape index (κ2) is 4.34. The van der Waals surface area contributed by atoms with E-state index < -0.39 is 36.4 Å². The number of hydrogen-bond donors (Lipinski definition) is 2. The van der Waals surface area contributed by atoms with E-state index in [9.17, 15) is 9.59 Å². The van der Waals surface area contributed by atoms with Crippen LogP contribution < -0.4 is 0 Å². The van der Waals surface area contributed by atoms with E-state index in [1.165, 1.54) is 0 Å². The summed E-state index contributed by atoms with van der Waals surface area (Å²) in [4.78, 5) is 21.7. The molecule has 0 aromatic heterocycles. The highest BCUT2D eigenvalue weighted by Crippen LogP contribution is 2.26. The number of aliphatic carboxylic acids is 2. The summed E-state index contributed by atoms with van der Waals surface area (Å²) in [5.74, 6) is -2.44. The summed E-state index contributed by atoms with van der Waals surface area (Å²) in [5, 5.41) is 17.7. The highest BCUT2D eigenvalue weighted by Gasteiger charge is 2.49. The number of ether oxygens (including phenoxy) is 4. The molecule has 0 aromatic carbocycles. The summed E-state index contributed by atoms with van der Waals surface area (Å²) in [5.41, 5.74) is 0. The average Bonchev–Trinajstić information content (AvgIpc) is 2.27. The molecule has 2 heterocycles. The molecule has 0 aliphatic carbocycles. The van der Waals surface area contributed by atoms with Gasteiger partial charge in [-0.05, 0) is 0 Å². The van der Waals surface area contributed by atoms with E-state index >= 15 is 0 Å². The number of carboxylic acids is 2. The van der Waals surface area contributed by atoms with Crippen LogP contribution in [0.4, 0.5) is 0 Å². The molecule has 0 bridgehead atoms. The Balaban J connectivity index is 2.17. The standard InChI is InChI=1S/C8H10O8/c9-7(10)5-4-3(13-1-15-5)6(8(11)12)16-2-14-4/h3-6H,1-2H2,(H,9,10)(H,11,12)/t3-,4+,5+,6-. The first-order chi connectivity index (χ1) is 7.61. The second-order valence-electron chi connectivity index (χ2n) is 3.35. The molecular weight excluding hydrogens is 224 g/mol. The highest BCUT2D eigenvalue weighted by molar-refractivity contribution is 5.76. The molecule has 0 radical (unpaired) electrons. The molecule has 16 heavy (non-hydrogen) atoms. The lowest BCUT2D eigenvalue weighted by Gasteiger charge is -2.41. The molecule has 2 aliphatic heterocycles. The first kappa shape index (κ1) is 11.3. The van der Waals surface area contributed by atoms with Crippen LogP contribution in [0.1, 0.15) is 0 Å². The van der Waals surface area contributed by atoms with Crippen LogP contribution in [0.2, 0.25) is 0 Å². The van der Waals surface area contributed by atoms with E-state index in [4.69, 9.17) is 29.2 Å². The Morgan fingerprint density at radius 1 is 0.812 bits per heavy atom. The predicted octanol–water partition coefficient (Wildman–Crippen LogP) is -1.36. The van der Waals surface area contributed by atoms with E-state index in [1.807, 2.05) is 0 Å². The average molecular weight is 234 g/mol. The van der Waals surface area contributed by atoms with Gasteiger partial charge < -0.3 is 29.2 Å².